The molecule has 0 saturated heterocycles. The van der Waals surface area contributed by atoms with Crippen LogP contribution in [0.15, 0.2) is 34.0 Å². The molecule has 2 aliphatic carbocycles. The molecule has 0 unspecified atom stereocenters. The third-order valence-corrected chi connectivity index (χ3v) is 7.30. The van der Waals surface area contributed by atoms with E-state index in [1.165, 1.54) is 0 Å². The molecule has 1 saturated carbocycles. The fraction of sp³-hybridized carbons (Fsp3) is 0.560. The van der Waals surface area contributed by atoms with Gasteiger partial charge in [-0.25, -0.2) is 9.59 Å². The number of rotatable bonds is 5. The molecule has 0 spiro atoms. The van der Waals surface area contributed by atoms with Crippen molar-refractivity contribution < 1.29 is 28.3 Å². The quantitative estimate of drug-likeness (QED) is 0.380. The third-order valence-electron chi connectivity index (χ3n) is 7.30. The van der Waals surface area contributed by atoms with E-state index < -0.39 is 35.5 Å². The SMILES string of the molecule is CC=C(C)C(=O)O[C@H]1CC[C@@H]2Cc3occ(C)c3[C@@H](OC(=O)C(C)=CC)[C@]2(C)[C@H]1C=O. The minimum absolute atomic E-state index is 0.0576. The number of furan rings is 1. The second-order valence-electron chi connectivity index (χ2n) is 8.93. The Balaban J connectivity index is 2.06. The molecule has 0 N–H and O–H groups in total. The molecule has 2 aliphatic rings. The summed E-state index contributed by atoms with van der Waals surface area (Å²) in [5.74, 6) is -0.584. The van der Waals surface area contributed by atoms with Crippen molar-refractivity contribution in [2.75, 3.05) is 0 Å². The van der Waals surface area contributed by atoms with Gasteiger partial charge in [-0.1, -0.05) is 19.1 Å². The third kappa shape index (κ3) is 3.88. The molecule has 1 heterocycles. The Kier molecular flexibility index (Phi) is 6.58. The molecule has 31 heavy (non-hydrogen) atoms. The molecule has 6 nitrogen and oxygen atoms in total. The van der Waals surface area contributed by atoms with Gasteiger partial charge in [-0.3, -0.25) is 0 Å². The Morgan fingerprint density at radius 1 is 1.10 bits per heavy atom. The molecule has 3 rings (SSSR count). The summed E-state index contributed by atoms with van der Waals surface area (Å²) in [4.78, 5) is 37.7. The van der Waals surface area contributed by atoms with Crippen molar-refractivity contribution in [3.05, 3.63) is 46.4 Å². The number of hydrogen-bond donors (Lipinski definition) is 0. The molecule has 6 heteroatoms. The van der Waals surface area contributed by atoms with Gasteiger partial charge in [-0.2, -0.15) is 0 Å². The number of aryl methyl sites for hydroxylation is 1. The Bertz CT molecular complexity index is 936. The zero-order valence-electron chi connectivity index (χ0n) is 19.2. The molecule has 0 radical (unpaired) electrons. The molecule has 5 atom stereocenters. The molecule has 0 amide bonds. The van der Waals surface area contributed by atoms with Gasteiger partial charge >= 0.3 is 11.9 Å². The number of esters is 2. The number of fused-ring (bicyclic) bond motifs is 2. The predicted molar refractivity (Wildman–Crippen MR) is 115 cm³/mol. The van der Waals surface area contributed by atoms with Gasteiger partial charge in [0.2, 0.25) is 0 Å². The van der Waals surface area contributed by atoms with E-state index in [1.807, 2.05) is 13.8 Å². The highest BCUT2D eigenvalue weighted by Gasteiger charge is 2.59. The van der Waals surface area contributed by atoms with Gasteiger partial charge in [0, 0.05) is 28.5 Å². The summed E-state index contributed by atoms with van der Waals surface area (Å²) < 4.78 is 17.6. The van der Waals surface area contributed by atoms with Gasteiger partial charge < -0.3 is 18.7 Å². The fourth-order valence-electron chi connectivity index (χ4n) is 5.01. The number of ether oxygens (including phenoxy) is 2. The minimum atomic E-state index is -0.722. The average Bonchev–Trinajstić information content (AvgIpc) is 3.12. The van der Waals surface area contributed by atoms with Gasteiger partial charge in [-0.15, -0.1) is 0 Å². The first-order chi connectivity index (χ1) is 14.7. The molecular weight excluding hydrogens is 396 g/mol. The first-order valence-corrected chi connectivity index (χ1v) is 10.9. The summed E-state index contributed by atoms with van der Waals surface area (Å²) in [6.07, 6.45) is 6.69. The lowest BCUT2D eigenvalue weighted by molar-refractivity contribution is -0.185. The van der Waals surface area contributed by atoms with E-state index in [4.69, 9.17) is 13.9 Å². The number of carbonyl (C=O) groups is 3. The van der Waals surface area contributed by atoms with Crippen molar-refractivity contribution in [2.45, 2.75) is 73.0 Å². The lowest BCUT2D eigenvalue weighted by atomic mass is 9.53. The molecule has 0 aliphatic heterocycles. The molecule has 0 bridgehead atoms. The van der Waals surface area contributed by atoms with Gasteiger partial charge in [0.25, 0.3) is 0 Å². The summed E-state index contributed by atoms with van der Waals surface area (Å²) in [5.41, 5.74) is 2.00. The molecule has 168 valence electrons. The summed E-state index contributed by atoms with van der Waals surface area (Å²) in [6.45, 7) is 10.9. The number of allylic oxidation sites excluding steroid dienone is 2. The summed E-state index contributed by atoms with van der Waals surface area (Å²) in [7, 11) is 0. The first-order valence-electron chi connectivity index (χ1n) is 10.9. The maximum atomic E-state index is 12.8. The van der Waals surface area contributed by atoms with Crippen LogP contribution in [-0.4, -0.2) is 24.3 Å². The lowest BCUT2D eigenvalue weighted by Gasteiger charge is -2.53. The molecule has 1 aromatic heterocycles. The van der Waals surface area contributed by atoms with E-state index in [1.54, 1.807) is 46.1 Å². The maximum absolute atomic E-state index is 12.8. The van der Waals surface area contributed by atoms with Crippen molar-refractivity contribution in [2.24, 2.45) is 17.3 Å². The predicted octanol–water partition coefficient (Wildman–Crippen LogP) is 4.80. The van der Waals surface area contributed by atoms with Crippen LogP contribution in [-0.2, 0) is 30.3 Å². The number of carbonyl (C=O) groups excluding carboxylic acids is 3. The Morgan fingerprint density at radius 2 is 1.71 bits per heavy atom. The summed E-state index contributed by atoms with van der Waals surface area (Å²) in [5, 5.41) is 0. The van der Waals surface area contributed by atoms with Crippen LogP contribution >= 0.6 is 0 Å². The highest BCUT2D eigenvalue weighted by Crippen LogP contribution is 2.59. The number of hydrogen-bond acceptors (Lipinski definition) is 6. The van der Waals surface area contributed by atoms with E-state index in [9.17, 15) is 14.4 Å². The van der Waals surface area contributed by atoms with E-state index >= 15 is 0 Å². The minimum Gasteiger partial charge on any atom is -0.469 e. The summed E-state index contributed by atoms with van der Waals surface area (Å²) >= 11 is 0. The van der Waals surface area contributed by atoms with Crippen LogP contribution in [0.25, 0.3) is 0 Å². The van der Waals surface area contributed by atoms with Crippen molar-refractivity contribution >= 4 is 18.2 Å². The van der Waals surface area contributed by atoms with Crippen molar-refractivity contribution in [1.82, 2.24) is 0 Å². The highest BCUT2D eigenvalue weighted by molar-refractivity contribution is 5.88. The molecule has 1 aromatic rings. The standard InChI is InChI=1S/C25H32O6/c1-7-14(3)23(27)30-19-10-9-17-11-20-21(16(5)13-29-20)22(25(17,6)18(19)12-26)31-24(28)15(4)8-2/h7-8,12-13,17-19,22H,9-11H2,1-6H3/t17-,18+,19+,22-,25+/m1/s1. The number of aldehydes is 1. The topological polar surface area (TPSA) is 82.8 Å². The zero-order chi connectivity index (χ0) is 22.9. The molecule has 1 fully saturated rings. The van der Waals surface area contributed by atoms with Crippen LogP contribution in [0.5, 0.6) is 0 Å². The van der Waals surface area contributed by atoms with E-state index in [-0.39, 0.29) is 5.92 Å². The lowest BCUT2D eigenvalue weighted by Crippen LogP contribution is -2.54. The Hall–Kier alpha value is -2.63. The van der Waals surface area contributed by atoms with E-state index in [2.05, 4.69) is 0 Å². The van der Waals surface area contributed by atoms with Crippen LogP contribution in [0, 0.1) is 24.2 Å². The van der Waals surface area contributed by atoms with Crippen LogP contribution in [0.4, 0.5) is 0 Å². The van der Waals surface area contributed by atoms with Crippen molar-refractivity contribution in [3.63, 3.8) is 0 Å². The zero-order valence-corrected chi connectivity index (χ0v) is 19.2. The van der Waals surface area contributed by atoms with Gasteiger partial charge in [0.05, 0.1) is 12.2 Å². The first kappa shape index (κ1) is 23.0. The molecular formula is C25H32O6. The van der Waals surface area contributed by atoms with Gasteiger partial charge in [-0.05, 0) is 58.9 Å². The monoisotopic (exact) mass is 428 g/mol. The smallest absolute Gasteiger partial charge is 0.334 e. The second kappa shape index (κ2) is 8.85. The largest absolute Gasteiger partial charge is 0.469 e. The van der Waals surface area contributed by atoms with Gasteiger partial charge in [0.1, 0.15) is 24.3 Å². The summed E-state index contributed by atoms with van der Waals surface area (Å²) in [6, 6.07) is 0. The van der Waals surface area contributed by atoms with Crippen LogP contribution in [0.3, 0.4) is 0 Å². The van der Waals surface area contributed by atoms with E-state index in [0.717, 1.165) is 29.6 Å². The van der Waals surface area contributed by atoms with Crippen LogP contribution in [0.1, 0.15) is 70.5 Å². The van der Waals surface area contributed by atoms with Crippen LogP contribution < -0.4 is 0 Å². The Labute approximate surface area is 183 Å². The van der Waals surface area contributed by atoms with E-state index in [0.29, 0.717) is 24.0 Å². The van der Waals surface area contributed by atoms with Gasteiger partial charge in [0.15, 0.2) is 0 Å². The average molecular weight is 429 g/mol. The normalized spacial score (nSPS) is 30.8. The highest BCUT2D eigenvalue weighted by atomic mass is 16.6. The van der Waals surface area contributed by atoms with Crippen LogP contribution in [0.2, 0.25) is 0 Å². The Morgan fingerprint density at radius 3 is 2.29 bits per heavy atom. The maximum Gasteiger partial charge on any atom is 0.334 e. The fourth-order valence-corrected chi connectivity index (χ4v) is 5.01. The molecule has 0 aromatic carbocycles. The van der Waals surface area contributed by atoms with Crippen molar-refractivity contribution in [3.8, 4) is 0 Å². The second-order valence-corrected chi connectivity index (χ2v) is 8.93. The van der Waals surface area contributed by atoms with Crippen molar-refractivity contribution in [1.29, 1.82) is 0 Å².